The van der Waals surface area contributed by atoms with Crippen molar-refractivity contribution in [1.29, 1.82) is 0 Å². The highest BCUT2D eigenvalue weighted by atomic mass is 128. The lowest BCUT2D eigenvalue weighted by Crippen LogP contribution is -2.25. The minimum atomic E-state index is 0. The van der Waals surface area contributed by atoms with E-state index in [2.05, 4.69) is 71.9 Å². The quantitative estimate of drug-likeness (QED) is 0.341. The molecule has 122 valence electrons. The van der Waals surface area contributed by atoms with Crippen LogP contribution >= 0.6 is 37.2 Å². The van der Waals surface area contributed by atoms with Crippen molar-refractivity contribution in [2.24, 2.45) is 11.3 Å². The maximum Gasteiger partial charge on any atom is 0 e. The van der Waals surface area contributed by atoms with E-state index in [0.717, 1.165) is 5.92 Å². The topological polar surface area (TPSA) is 0 Å². The molecule has 1 aliphatic carbocycles. The molecule has 0 aliphatic heterocycles. The number of hydrogen-bond acceptors (Lipinski definition) is 0. The molecule has 0 aromatic rings. The molecular formula is C17H40I2. The largest absolute Gasteiger partial charge is 0.0776 e. The number of halogens is 2. The van der Waals surface area contributed by atoms with Gasteiger partial charge in [-0.05, 0) is 24.2 Å². The van der Waals surface area contributed by atoms with Crippen LogP contribution in [0.3, 0.4) is 0 Å². The third-order valence-electron chi connectivity index (χ3n) is 4.12. The highest BCUT2D eigenvalue weighted by molar-refractivity contribution is 15.0. The Kier molecular flexibility index (Phi) is 29.3. The minimum Gasteiger partial charge on any atom is -0.0776 e. The van der Waals surface area contributed by atoms with Gasteiger partial charge in [0, 0.05) is 37.2 Å². The summed E-state index contributed by atoms with van der Waals surface area (Å²) < 4.78 is 0. The van der Waals surface area contributed by atoms with Crippen molar-refractivity contribution >= 4 is 37.2 Å². The van der Waals surface area contributed by atoms with Crippen molar-refractivity contribution in [2.75, 3.05) is 0 Å². The Morgan fingerprint density at radius 1 is 0.842 bits per heavy atom. The summed E-state index contributed by atoms with van der Waals surface area (Å²) in [6.07, 6.45) is 11.4. The van der Waals surface area contributed by atoms with Crippen molar-refractivity contribution in [3.63, 3.8) is 0 Å². The zero-order valence-electron chi connectivity index (χ0n) is 12.5. The predicted octanol–water partition coefficient (Wildman–Crippen LogP) is 8.85. The lowest BCUT2D eigenvalue weighted by molar-refractivity contribution is 0.152. The molecule has 0 N–H and O–H groups in total. The van der Waals surface area contributed by atoms with Gasteiger partial charge in [-0.25, -0.2) is 0 Å². The second-order valence-electron chi connectivity index (χ2n) is 5.68. The minimum absolute atomic E-state index is 0. The van der Waals surface area contributed by atoms with E-state index in [1.165, 1.54) is 51.4 Å². The van der Waals surface area contributed by atoms with Gasteiger partial charge in [-0.1, -0.05) is 88.0 Å². The van der Waals surface area contributed by atoms with E-state index in [-0.39, 0.29) is 14.9 Å². The molecule has 0 aromatic carbocycles. The lowest BCUT2D eigenvalue weighted by Gasteiger charge is -2.36. The first-order chi connectivity index (χ1) is 8.08. The van der Waals surface area contributed by atoms with Gasteiger partial charge in [-0.2, -0.15) is 0 Å². The fourth-order valence-corrected chi connectivity index (χ4v) is 2.17. The van der Waals surface area contributed by atoms with Crippen molar-refractivity contribution in [2.45, 2.75) is 101 Å². The maximum absolute atomic E-state index is 2.43. The average Bonchev–Trinajstić information content (AvgIpc) is 2.42. The molecule has 1 fully saturated rings. The molecular weight excluding hydrogens is 458 g/mol. The van der Waals surface area contributed by atoms with E-state index in [1.807, 2.05) is 0 Å². The van der Waals surface area contributed by atoms with Crippen LogP contribution < -0.4 is 0 Å². The third-order valence-corrected chi connectivity index (χ3v) is 4.12. The molecule has 0 unspecified atom stereocenters. The molecule has 0 saturated heterocycles. The zero-order chi connectivity index (χ0) is 13.7. The summed E-state index contributed by atoms with van der Waals surface area (Å²) in [6.45, 7) is 11.6. The van der Waals surface area contributed by atoms with E-state index in [0.29, 0.717) is 5.41 Å². The van der Waals surface area contributed by atoms with Gasteiger partial charge in [0.1, 0.15) is 0 Å². The summed E-state index contributed by atoms with van der Waals surface area (Å²) in [5.41, 5.74) is 0.612. The van der Waals surface area contributed by atoms with Gasteiger partial charge in [-0.3, -0.25) is 0 Å². The van der Waals surface area contributed by atoms with Crippen molar-refractivity contribution in [3.8, 4) is 0 Å². The summed E-state index contributed by atoms with van der Waals surface area (Å²) in [5.74, 6) is 1.02. The van der Waals surface area contributed by atoms with Crippen LogP contribution in [-0.4, -0.2) is 0 Å². The van der Waals surface area contributed by atoms with E-state index in [9.17, 15) is 0 Å². The number of hydrogen-bond donors (Lipinski definition) is 0. The Balaban J connectivity index is -0.000000123. The van der Waals surface area contributed by atoms with Crippen LogP contribution in [0, 0.1) is 11.3 Å². The van der Waals surface area contributed by atoms with Crippen LogP contribution in [0.1, 0.15) is 101 Å². The zero-order valence-corrected chi connectivity index (χ0v) is 16.8. The fourth-order valence-electron chi connectivity index (χ4n) is 2.17. The van der Waals surface area contributed by atoms with E-state index in [1.54, 1.807) is 0 Å². The van der Waals surface area contributed by atoms with Crippen molar-refractivity contribution in [1.82, 2.24) is 0 Å². The molecule has 1 saturated carbocycles. The van der Waals surface area contributed by atoms with Gasteiger partial charge < -0.3 is 0 Å². The predicted molar refractivity (Wildman–Crippen MR) is 113 cm³/mol. The summed E-state index contributed by atoms with van der Waals surface area (Å²) in [7, 11) is 0. The van der Waals surface area contributed by atoms with Crippen LogP contribution in [0.2, 0.25) is 0 Å². The molecule has 2 heteroatoms. The Morgan fingerprint density at radius 2 is 1.21 bits per heavy atom. The second-order valence-corrected chi connectivity index (χ2v) is 5.68. The molecule has 0 amide bonds. The van der Waals surface area contributed by atoms with E-state index < -0.39 is 0 Å². The first-order valence-corrected chi connectivity index (χ1v) is 13.5. The molecule has 0 spiro atoms. The Bertz CT molecular complexity index is 136. The number of unbranched alkanes of at least 4 members (excludes halogenated alkanes) is 1. The molecule has 1 aliphatic rings. The highest BCUT2D eigenvalue weighted by Gasteiger charge is 2.28. The molecule has 0 radical (unpaired) electrons. The van der Waals surface area contributed by atoms with Crippen LogP contribution in [0.4, 0.5) is 0 Å². The summed E-state index contributed by atoms with van der Waals surface area (Å²) in [4.78, 5) is 0. The van der Waals surface area contributed by atoms with Crippen LogP contribution in [0.5, 0.6) is 0 Å². The van der Waals surface area contributed by atoms with Gasteiger partial charge in [0.05, 0.1) is 0 Å². The molecule has 0 aromatic heterocycles. The normalized spacial score (nSPS) is 14.7. The maximum atomic E-state index is 2.43. The first-order valence-electron chi connectivity index (χ1n) is 7.22. The van der Waals surface area contributed by atoms with Crippen molar-refractivity contribution < 1.29 is 0 Å². The second kappa shape index (κ2) is 19.5. The Hall–Kier alpha value is 1.46. The molecule has 1 rings (SSSR count). The molecule has 0 bridgehead atoms. The Morgan fingerprint density at radius 3 is 1.47 bits per heavy atom. The summed E-state index contributed by atoms with van der Waals surface area (Å²) in [5, 5.41) is 0. The Labute approximate surface area is 148 Å². The fraction of sp³-hybridized carbons (Fsp3) is 1.00. The van der Waals surface area contributed by atoms with Gasteiger partial charge in [-0.15, -0.1) is 0 Å². The van der Waals surface area contributed by atoms with Crippen molar-refractivity contribution in [3.05, 3.63) is 0 Å². The van der Waals surface area contributed by atoms with Gasteiger partial charge in [0.25, 0.3) is 0 Å². The SMILES string of the molecule is C.C.CCC(C)(C)C1CCCCC1.CCCC.II. The van der Waals surface area contributed by atoms with Gasteiger partial charge >= 0.3 is 0 Å². The van der Waals surface area contributed by atoms with Gasteiger partial charge in [0.15, 0.2) is 0 Å². The molecule has 0 atom stereocenters. The van der Waals surface area contributed by atoms with E-state index >= 15 is 0 Å². The highest BCUT2D eigenvalue weighted by Crippen LogP contribution is 2.40. The third kappa shape index (κ3) is 15.7. The lowest BCUT2D eigenvalue weighted by atomic mass is 9.70. The van der Waals surface area contributed by atoms with Gasteiger partial charge in [0.2, 0.25) is 0 Å². The average molecular weight is 498 g/mol. The first kappa shape index (κ1) is 28.6. The number of rotatable bonds is 3. The monoisotopic (exact) mass is 498 g/mol. The van der Waals surface area contributed by atoms with Crippen LogP contribution in [0.15, 0.2) is 0 Å². The molecule has 19 heavy (non-hydrogen) atoms. The van der Waals surface area contributed by atoms with Crippen LogP contribution in [-0.2, 0) is 0 Å². The molecule has 0 heterocycles. The molecule has 0 nitrogen and oxygen atoms in total. The summed E-state index contributed by atoms with van der Waals surface area (Å²) >= 11 is 4.24. The van der Waals surface area contributed by atoms with Crippen LogP contribution in [0.25, 0.3) is 0 Å². The van der Waals surface area contributed by atoms with E-state index in [4.69, 9.17) is 0 Å². The summed E-state index contributed by atoms with van der Waals surface area (Å²) in [6, 6.07) is 0. The smallest absolute Gasteiger partial charge is 0 e. The standard InChI is InChI=1S/C11H22.C4H10.2CH4.I2/c1-4-11(2,3)10-8-6-5-7-9-10;1-3-4-2;;;1-2/h10H,4-9H2,1-3H3;3-4H2,1-2H3;2*1H4;.